The van der Waals surface area contributed by atoms with Gasteiger partial charge in [0.1, 0.15) is 11.8 Å². The van der Waals surface area contributed by atoms with E-state index in [0.717, 1.165) is 0 Å². The number of amides is 1. The van der Waals surface area contributed by atoms with E-state index in [1.165, 1.54) is 25.6 Å². The first kappa shape index (κ1) is 18.5. The van der Waals surface area contributed by atoms with E-state index in [2.05, 4.69) is 5.32 Å². The van der Waals surface area contributed by atoms with Crippen LogP contribution < -0.4 is 5.32 Å². The highest BCUT2D eigenvalue weighted by atomic mass is 32.2. The second-order valence-corrected chi connectivity index (χ2v) is 6.38. The SMILES string of the molecule is CC(=O)NC(CSCC1C(=O)CCC1COC(C)=O)C(=O)O. The van der Waals surface area contributed by atoms with E-state index in [1.54, 1.807) is 0 Å². The number of hydrogen-bond acceptors (Lipinski definition) is 6. The minimum atomic E-state index is -1.10. The van der Waals surface area contributed by atoms with Crippen LogP contribution in [0.5, 0.6) is 0 Å². The molecule has 124 valence electrons. The summed E-state index contributed by atoms with van der Waals surface area (Å²) in [6, 6.07) is -0.967. The van der Waals surface area contributed by atoms with Crippen molar-refractivity contribution in [1.82, 2.24) is 5.32 Å². The lowest BCUT2D eigenvalue weighted by Gasteiger charge is -2.19. The molecule has 0 saturated heterocycles. The number of aliphatic carboxylic acids is 1. The van der Waals surface area contributed by atoms with Crippen molar-refractivity contribution < 1.29 is 29.0 Å². The van der Waals surface area contributed by atoms with Crippen LogP contribution in [-0.4, -0.2) is 52.9 Å². The van der Waals surface area contributed by atoms with E-state index >= 15 is 0 Å². The third kappa shape index (κ3) is 6.05. The van der Waals surface area contributed by atoms with Crippen LogP contribution in [0.2, 0.25) is 0 Å². The molecule has 8 heteroatoms. The van der Waals surface area contributed by atoms with Crippen molar-refractivity contribution in [2.45, 2.75) is 32.7 Å². The van der Waals surface area contributed by atoms with E-state index in [1.807, 2.05) is 0 Å². The quantitative estimate of drug-likeness (QED) is 0.622. The number of carbonyl (C=O) groups is 4. The molecule has 3 atom stereocenters. The molecule has 1 aliphatic carbocycles. The Balaban J connectivity index is 2.46. The van der Waals surface area contributed by atoms with Gasteiger partial charge in [-0.15, -0.1) is 0 Å². The molecule has 0 heterocycles. The number of ketones is 1. The topological polar surface area (TPSA) is 110 Å². The molecule has 0 aromatic carbocycles. The van der Waals surface area contributed by atoms with Crippen LogP contribution in [0, 0.1) is 11.8 Å². The number of ether oxygens (including phenoxy) is 1. The normalized spacial score (nSPS) is 22.2. The van der Waals surface area contributed by atoms with E-state index < -0.39 is 17.9 Å². The van der Waals surface area contributed by atoms with E-state index in [-0.39, 0.29) is 35.9 Å². The van der Waals surface area contributed by atoms with E-state index in [0.29, 0.717) is 18.6 Å². The number of carboxylic acids is 1. The smallest absolute Gasteiger partial charge is 0.327 e. The largest absolute Gasteiger partial charge is 0.480 e. The van der Waals surface area contributed by atoms with Gasteiger partial charge in [-0.1, -0.05) is 0 Å². The van der Waals surface area contributed by atoms with Crippen LogP contribution in [0.4, 0.5) is 0 Å². The molecular weight excluding hydrogens is 310 g/mol. The minimum Gasteiger partial charge on any atom is -0.480 e. The minimum absolute atomic E-state index is 0.00653. The summed E-state index contributed by atoms with van der Waals surface area (Å²) in [7, 11) is 0. The van der Waals surface area contributed by atoms with Gasteiger partial charge in [0.15, 0.2) is 0 Å². The molecule has 0 aromatic rings. The highest BCUT2D eigenvalue weighted by molar-refractivity contribution is 7.99. The Morgan fingerprint density at radius 3 is 2.64 bits per heavy atom. The van der Waals surface area contributed by atoms with Crippen LogP contribution in [-0.2, 0) is 23.9 Å². The van der Waals surface area contributed by atoms with Gasteiger partial charge in [-0.05, 0) is 6.42 Å². The zero-order valence-electron chi connectivity index (χ0n) is 12.7. The first-order valence-electron chi connectivity index (χ1n) is 7.05. The first-order chi connectivity index (χ1) is 10.3. The summed E-state index contributed by atoms with van der Waals surface area (Å²) < 4.78 is 4.97. The number of Topliss-reactive ketones (excluding diaryl/α,β-unsaturated/α-hetero) is 1. The van der Waals surface area contributed by atoms with E-state index in [9.17, 15) is 19.2 Å². The molecule has 7 nitrogen and oxygen atoms in total. The molecule has 0 aromatic heterocycles. The van der Waals surface area contributed by atoms with Crippen molar-refractivity contribution in [3.63, 3.8) is 0 Å². The molecule has 3 unspecified atom stereocenters. The lowest BCUT2D eigenvalue weighted by molar-refractivity contribution is -0.143. The molecular formula is C14H21NO6S. The van der Waals surface area contributed by atoms with Crippen molar-refractivity contribution in [2.75, 3.05) is 18.1 Å². The van der Waals surface area contributed by atoms with Crippen molar-refractivity contribution in [1.29, 1.82) is 0 Å². The molecule has 2 N–H and O–H groups in total. The zero-order chi connectivity index (χ0) is 16.7. The second-order valence-electron chi connectivity index (χ2n) is 5.30. The number of rotatable bonds is 8. The van der Waals surface area contributed by atoms with Gasteiger partial charge >= 0.3 is 11.9 Å². The van der Waals surface area contributed by atoms with Crippen LogP contribution >= 0.6 is 11.8 Å². The van der Waals surface area contributed by atoms with Gasteiger partial charge in [0, 0.05) is 43.6 Å². The number of thioether (sulfide) groups is 1. The zero-order valence-corrected chi connectivity index (χ0v) is 13.5. The first-order valence-corrected chi connectivity index (χ1v) is 8.20. The monoisotopic (exact) mass is 331 g/mol. The highest BCUT2D eigenvalue weighted by Crippen LogP contribution is 2.31. The summed E-state index contributed by atoms with van der Waals surface area (Å²) in [4.78, 5) is 44.7. The fourth-order valence-corrected chi connectivity index (χ4v) is 3.67. The van der Waals surface area contributed by atoms with Gasteiger partial charge in [0.2, 0.25) is 5.91 Å². The van der Waals surface area contributed by atoms with Gasteiger partial charge in [0.05, 0.1) is 6.61 Å². The number of carboxylic acid groups (broad SMARTS) is 1. The third-order valence-corrected chi connectivity index (χ3v) is 4.67. The van der Waals surface area contributed by atoms with Crippen molar-refractivity contribution in [3.05, 3.63) is 0 Å². The number of hydrogen-bond donors (Lipinski definition) is 2. The average Bonchev–Trinajstić information content (AvgIpc) is 2.75. The number of esters is 1. The van der Waals surface area contributed by atoms with Gasteiger partial charge in [-0.2, -0.15) is 11.8 Å². The number of carbonyl (C=O) groups excluding carboxylic acids is 3. The van der Waals surface area contributed by atoms with E-state index in [4.69, 9.17) is 9.84 Å². The fraction of sp³-hybridized carbons (Fsp3) is 0.714. The molecule has 1 aliphatic rings. The van der Waals surface area contributed by atoms with Crippen LogP contribution in [0.25, 0.3) is 0 Å². The van der Waals surface area contributed by atoms with Gasteiger partial charge in [-0.25, -0.2) is 4.79 Å². The van der Waals surface area contributed by atoms with Crippen LogP contribution in [0.15, 0.2) is 0 Å². The van der Waals surface area contributed by atoms with Crippen molar-refractivity contribution in [2.24, 2.45) is 11.8 Å². The standard InChI is InChI=1S/C14H21NO6S/c1-8(16)15-12(14(19)20)7-22-6-11-10(3-4-13(11)18)5-21-9(2)17/h10-12H,3-7H2,1-2H3,(H,15,16)(H,19,20). The number of nitrogens with one attached hydrogen (secondary N) is 1. The van der Waals surface area contributed by atoms with Crippen molar-refractivity contribution >= 4 is 35.4 Å². The van der Waals surface area contributed by atoms with Gasteiger partial charge in [-0.3, -0.25) is 14.4 Å². The Morgan fingerprint density at radius 2 is 2.09 bits per heavy atom. The molecule has 0 aliphatic heterocycles. The summed E-state index contributed by atoms with van der Waals surface area (Å²) in [5, 5.41) is 11.4. The van der Waals surface area contributed by atoms with Crippen molar-refractivity contribution in [3.8, 4) is 0 Å². The maximum Gasteiger partial charge on any atom is 0.327 e. The maximum atomic E-state index is 11.9. The molecule has 1 fully saturated rings. The second kappa shape index (κ2) is 8.77. The van der Waals surface area contributed by atoms with Gasteiger partial charge in [0.25, 0.3) is 0 Å². The van der Waals surface area contributed by atoms with Crippen LogP contribution in [0.3, 0.4) is 0 Å². The summed E-state index contributed by atoms with van der Waals surface area (Å²) in [5.74, 6) is -1.33. The molecule has 1 saturated carbocycles. The summed E-state index contributed by atoms with van der Waals surface area (Å²) >= 11 is 1.31. The lowest BCUT2D eigenvalue weighted by Crippen LogP contribution is -2.41. The predicted octanol–water partition coefficient (Wildman–Crippen LogP) is 0.467. The fourth-order valence-electron chi connectivity index (χ4n) is 2.36. The van der Waals surface area contributed by atoms with Crippen LogP contribution in [0.1, 0.15) is 26.7 Å². The highest BCUT2D eigenvalue weighted by Gasteiger charge is 2.35. The van der Waals surface area contributed by atoms with Gasteiger partial charge < -0.3 is 15.2 Å². The molecule has 0 bridgehead atoms. The molecule has 0 radical (unpaired) electrons. The summed E-state index contributed by atoms with van der Waals surface area (Å²) in [6.07, 6.45) is 1.15. The maximum absolute atomic E-state index is 11.9. The Bertz CT molecular complexity index is 453. The lowest BCUT2D eigenvalue weighted by atomic mass is 9.98. The Hall–Kier alpha value is -1.57. The molecule has 22 heavy (non-hydrogen) atoms. The third-order valence-electron chi connectivity index (χ3n) is 3.50. The Kier molecular flexibility index (Phi) is 7.37. The Labute approximate surface area is 133 Å². The average molecular weight is 331 g/mol. The Morgan fingerprint density at radius 1 is 1.41 bits per heavy atom. The summed E-state index contributed by atoms with van der Waals surface area (Å²) in [6.45, 7) is 2.81. The molecule has 0 spiro atoms. The predicted molar refractivity (Wildman–Crippen MR) is 80.4 cm³/mol. The molecule has 1 rings (SSSR count). The summed E-state index contributed by atoms with van der Waals surface area (Å²) in [5.41, 5.74) is 0. The molecule has 1 amide bonds.